The van der Waals surface area contributed by atoms with Crippen LogP contribution in [-0.2, 0) is 5.41 Å². The van der Waals surface area contributed by atoms with Crippen LogP contribution in [0.5, 0.6) is 0 Å². The number of carbonyl (C=O) groups is 1. The van der Waals surface area contributed by atoms with Crippen molar-refractivity contribution in [2.75, 3.05) is 0 Å². The van der Waals surface area contributed by atoms with Crippen LogP contribution in [0.15, 0.2) is 35.4 Å². The van der Waals surface area contributed by atoms with Gasteiger partial charge in [-0.25, -0.2) is 5.43 Å². The number of H-pyrrole nitrogens is 1. The van der Waals surface area contributed by atoms with Crippen molar-refractivity contribution < 1.29 is 9.72 Å². The number of hydrogen-bond acceptors (Lipinski definition) is 5. The molecule has 1 amide bonds. The molecule has 0 bridgehead atoms. The van der Waals surface area contributed by atoms with Gasteiger partial charge in [0.2, 0.25) is 0 Å². The number of hydrogen-bond donors (Lipinski definition) is 2. The van der Waals surface area contributed by atoms with Gasteiger partial charge in [-0.1, -0.05) is 32.9 Å². The van der Waals surface area contributed by atoms with Gasteiger partial charge < -0.3 is 0 Å². The lowest BCUT2D eigenvalue weighted by Gasteiger charge is -2.14. The highest BCUT2D eigenvalue weighted by atomic mass is 16.6. The van der Waals surface area contributed by atoms with Crippen LogP contribution < -0.4 is 5.43 Å². The van der Waals surface area contributed by atoms with Crippen molar-refractivity contribution in [2.24, 2.45) is 5.10 Å². The molecule has 2 rings (SSSR count). The fraction of sp³-hybridized carbons (Fsp3) is 0.267. The third-order valence-corrected chi connectivity index (χ3v) is 3.08. The van der Waals surface area contributed by atoms with Crippen LogP contribution in [-0.4, -0.2) is 27.2 Å². The number of aromatic amines is 1. The summed E-state index contributed by atoms with van der Waals surface area (Å²) < 4.78 is 0. The molecule has 2 N–H and O–H groups in total. The number of nitro benzene ring substituents is 1. The summed E-state index contributed by atoms with van der Waals surface area (Å²) in [7, 11) is 0. The van der Waals surface area contributed by atoms with E-state index in [9.17, 15) is 14.9 Å². The number of aromatic nitrogens is 2. The highest BCUT2D eigenvalue weighted by Gasteiger charge is 2.19. The first-order valence-corrected chi connectivity index (χ1v) is 6.91. The minimum atomic E-state index is -0.492. The van der Waals surface area contributed by atoms with Crippen molar-refractivity contribution in [1.29, 1.82) is 0 Å². The first-order chi connectivity index (χ1) is 10.8. The number of benzene rings is 1. The van der Waals surface area contributed by atoms with Crippen molar-refractivity contribution in [2.45, 2.75) is 26.2 Å². The summed E-state index contributed by atoms with van der Waals surface area (Å²) in [5.41, 5.74) is 3.74. The summed E-state index contributed by atoms with van der Waals surface area (Å²) in [5.74, 6) is -0.460. The molecule has 0 saturated heterocycles. The first kappa shape index (κ1) is 16.3. The number of non-ortho nitro benzene ring substituents is 1. The second-order valence-corrected chi connectivity index (χ2v) is 5.97. The van der Waals surface area contributed by atoms with Crippen LogP contribution in [0.25, 0.3) is 0 Å². The summed E-state index contributed by atoms with van der Waals surface area (Å²) >= 11 is 0. The number of nitro groups is 1. The van der Waals surface area contributed by atoms with Crippen molar-refractivity contribution in [3.8, 4) is 0 Å². The molecule has 0 aliphatic carbocycles. The maximum atomic E-state index is 11.9. The Hall–Kier alpha value is -3.03. The fourth-order valence-electron chi connectivity index (χ4n) is 1.76. The van der Waals surface area contributed by atoms with Crippen molar-refractivity contribution in [1.82, 2.24) is 15.6 Å². The quantitative estimate of drug-likeness (QED) is 0.512. The van der Waals surface area contributed by atoms with E-state index in [1.165, 1.54) is 18.3 Å². The van der Waals surface area contributed by atoms with E-state index in [0.717, 1.165) is 5.69 Å². The van der Waals surface area contributed by atoms with E-state index in [0.29, 0.717) is 5.56 Å². The van der Waals surface area contributed by atoms with Crippen LogP contribution in [0.2, 0.25) is 0 Å². The number of carbonyl (C=O) groups excluding carboxylic acids is 1. The zero-order chi connectivity index (χ0) is 17.0. The second kappa shape index (κ2) is 6.39. The zero-order valence-corrected chi connectivity index (χ0v) is 13.0. The molecule has 1 heterocycles. The average molecular weight is 315 g/mol. The van der Waals surface area contributed by atoms with Gasteiger partial charge in [0.25, 0.3) is 11.6 Å². The van der Waals surface area contributed by atoms with Crippen LogP contribution in [0.4, 0.5) is 5.69 Å². The third kappa shape index (κ3) is 4.22. The number of rotatable bonds is 4. The molecule has 120 valence electrons. The van der Waals surface area contributed by atoms with Crippen LogP contribution in [0.1, 0.15) is 42.5 Å². The van der Waals surface area contributed by atoms with Gasteiger partial charge in [-0.15, -0.1) is 0 Å². The molecule has 8 heteroatoms. The summed E-state index contributed by atoms with van der Waals surface area (Å²) in [6.07, 6.45) is 1.34. The maximum Gasteiger partial charge on any atom is 0.291 e. The summed E-state index contributed by atoms with van der Waals surface area (Å²) in [6.45, 7) is 6.01. The topological polar surface area (TPSA) is 113 Å². The van der Waals surface area contributed by atoms with Gasteiger partial charge in [-0.05, 0) is 6.07 Å². The van der Waals surface area contributed by atoms with Crippen LogP contribution in [0.3, 0.4) is 0 Å². The van der Waals surface area contributed by atoms with Gasteiger partial charge in [0, 0.05) is 28.8 Å². The molecule has 1 aromatic heterocycles. The minimum Gasteiger partial charge on any atom is -0.281 e. The lowest BCUT2D eigenvalue weighted by atomic mass is 9.92. The van der Waals surface area contributed by atoms with Gasteiger partial charge in [0.15, 0.2) is 5.69 Å². The number of hydrazone groups is 1. The third-order valence-electron chi connectivity index (χ3n) is 3.08. The lowest BCUT2D eigenvalue weighted by Crippen LogP contribution is -2.18. The Morgan fingerprint density at radius 1 is 1.39 bits per heavy atom. The van der Waals surface area contributed by atoms with Gasteiger partial charge in [0.1, 0.15) is 0 Å². The molecule has 0 aliphatic rings. The second-order valence-electron chi connectivity index (χ2n) is 5.97. The van der Waals surface area contributed by atoms with E-state index in [-0.39, 0.29) is 16.8 Å². The predicted octanol–water partition coefficient (Wildman–Crippen LogP) is 2.38. The molecule has 1 aromatic carbocycles. The molecule has 0 atom stereocenters. The van der Waals surface area contributed by atoms with Crippen molar-refractivity contribution >= 4 is 17.8 Å². The Labute approximate surface area is 132 Å². The molecular weight excluding hydrogens is 298 g/mol. The highest BCUT2D eigenvalue weighted by Crippen LogP contribution is 2.20. The molecule has 0 aliphatic heterocycles. The molecule has 0 saturated carbocycles. The molecule has 8 nitrogen and oxygen atoms in total. The number of amides is 1. The van der Waals surface area contributed by atoms with E-state index in [2.05, 4.69) is 20.7 Å². The Morgan fingerprint density at radius 3 is 2.74 bits per heavy atom. The molecule has 0 fully saturated rings. The monoisotopic (exact) mass is 315 g/mol. The number of nitrogens with zero attached hydrogens (tertiary/aromatic N) is 3. The molecule has 2 aromatic rings. The van der Waals surface area contributed by atoms with E-state index < -0.39 is 10.8 Å². The molecule has 0 radical (unpaired) electrons. The molecule has 0 unspecified atom stereocenters. The molecule has 23 heavy (non-hydrogen) atoms. The Balaban J connectivity index is 2.03. The minimum absolute atomic E-state index is 0.0394. The maximum absolute atomic E-state index is 11.9. The largest absolute Gasteiger partial charge is 0.291 e. The van der Waals surface area contributed by atoms with Crippen LogP contribution >= 0.6 is 0 Å². The Kier molecular flexibility index (Phi) is 4.54. The van der Waals surface area contributed by atoms with Gasteiger partial charge in [-0.3, -0.25) is 20.0 Å². The predicted molar refractivity (Wildman–Crippen MR) is 85.4 cm³/mol. The lowest BCUT2D eigenvalue weighted by molar-refractivity contribution is -0.384. The van der Waals surface area contributed by atoms with E-state index >= 15 is 0 Å². The molecular formula is C15H17N5O3. The van der Waals surface area contributed by atoms with Crippen molar-refractivity contribution in [3.05, 3.63) is 57.4 Å². The Bertz CT molecular complexity index is 758. The fourth-order valence-corrected chi connectivity index (χ4v) is 1.76. The van der Waals surface area contributed by atoms with E-state index in [1.807, 2.05) is 20.8 Å². The van der Waals surface area contributed by atoms with Gasteiger partial charge in [0.05, 0.1) is 11.1 Å². The van der Waals surface area contributed by atoms with Gasteiger partial charge >= 0.3 is 0 Å². The number of nitrogens with one attached hydrogen (secondary N) is 2. The molecule has 0 spiro atoms. The zero-order valence-electron chi connectivity index (χ0n) is 13.0. The van der Waals surface area contributed by atoms with Crippen LogP contribution in [0, 0.1) is 10.1 Å². The van der Waals surface area contributed by atoms with E-state index in [1.54, 1.807) is 18.2 Å². The standard InChI is InChI=1S/C15H17N5O3/c1-15(2,3)13-8-12(17-18-13)14(21)19-16-9-10-5-4-6-11(7-10)20(22)23/h4-9H,1-3H3,(H,17,18)(H,19,21)/b16-9-. The average Bonchev–Trinajstić information content (AvgIpc) is 2.97. The first-order valence-electron chi connectivity index (χ1n) is 6.91. The van der Waals surface area contributed by atoms with E-state index in [4.69, 9.17) is 0 Å². The van der Waals surface area contributed by atoms with Crippen molar-refractivity contribution in [3.63, 3.8) is 0 Å². The summed E-state index contributed by atoms with van der Waals surface area (Å²) in [6, 6.07) is 7.60. The summed E-state index contributed by atoms with van der Waals surface area (Å²) in [4.78, 5) is 22.1. The Morgan fingerprint density at radius 2 is 2.13 bits per heavy atom. The highest BCUT2D eigenvalue weighted by molar-refractivity contribution is 5.93. The normalized spacial score (nSPS) is 11.6. The smallest absolute Gasteiger partial charge is 0.281 e. The SMILES string of the molecule is CC(C)(C)c1cc(C(=O)N/N=C\c2cccc([N+](=O)[O-])c2)n[nH]1. The summed E-state index contributed by atoms with van der Waals surface area (Å²) in [5, 5.41) is 21.2. The van der Waals surface area contributed by atoms with Gasteiger partial charge in [-0.2, -0.15) is 10.2 Å².